The minimum absolute atomic E-state index is 0.0304. The molecule has 0 spiro atoms. The molecule has 1 N–H and O–H groups in total. The van der Waals surface area contributed by atoms with E-state index in [1.807, 2.05) is 24.3 Å². The van der Waals surface area contributed by atoms with E-state index in [1.54, 1.807) is 53.4 Å². The van der Waals surface area contributed by atoms with Gasteiger partial charge in [0.05, 0.1) is 17.1 Å². The maximum absolute atomic E-state index is 17.3. The van der Waals surface area contributed by atoms with Crippen molar-refractivity contribution in [3.05, 3.63) is 52.9 Å². The van der Waals surface area contributed by atoms with Crippen LogP contribution < -0.4 is 9.64 Å². The number of carbonyl (C=O) groups is 3. The molecule has 0 saturated carbocycles. The number of anilines is 1. The van der Waals surface area contributed by atoms with Gasteiger partial charge in [-0.05, 0) is 66.2 Å². The molecule has 1 aromatic carbocycles. The Morgan fingerprint density at radius 1 is 1.07 bits per heavy atom. The van der Waals surface area contributed by atoms with E-state index in [2.05, 4.69) is 4.98 Å². The highest BCUT2D eigenvalue weighted by Gasteiger charge is 2.48. The van der Waals surface area contributed by atoms with Crippen LogP contribution in [-0.2, 0) is 35.9 Å². The Labute approximate surface area is 329 Å². The van der Waals surface area contributed by atoms with Crippen molar-refractivity contribution in [2.75, 3.05) is 37.7 Å². The topological polar surface area (TPSA) is 167 Å². The highest BCUT2D eigenvalue weighted by atomic mass is 35.5. The van der Waals surface area contributed by atoms with Crippen molar-refractivity contribution in [1.29, 1.82) is 0 Å². The smallest absolute Gasteiger partial charge is 0.410 e. The Morgan fingerprint density at radius 3 is 2.50 bits per heavy atom. The number of rotatable bonds is 11. The number of esters is 1. The van der Waals surface area contributed by atoms with Gasteiger partial charge in [0, 0.05) is 56.5 Å². The number of amides is 1. The van der Waals surface area contributed by atoms with Gasteiger partial charge >= 0.3 is 18.0 Å². The first-order valence-electron chi connectivity index (χ1n) is 18.8. The Hall–Kier alpha value is -4.76. The van der Waals surface area contributed by atoms with Gasteiger partial charge in [0.25, 0.3) is 0 Å². The molecule has 0 aliphatic carbocycles. The number of pyridine rings is 1. The lowest BCUT2D eigenvalue weighted by Gasteiger charge is -2.42. The summed E-state index contributed by atoms with van der Waals surface area (Å²) < 4.78 is 46.9. The number of carboxylic acid groups (broad SMARTS) is 1. The molecular formula is C40H49ClFN5O9. The van der Waals surface area contributed by atoms with Gasteiger partial charge in [-0.2, -0.15) is 0 Å². The lowest BCUT2D eigenvalue weighted by Crippen LogP contribution is -2.50. The molecule has 0 radical (unpaired) electrons. The molecule has 16 heteroatoms. The number of para-hydroxylation sites is 1. The van der Waals surface area contributed by atoms with Crippen molar-refractivity contribution in [3.8, 4) is 5.88 Å². The Balaban J connectivity index is 1.33. The number of aliphatic carboxylic acids is 1. The average Bonchev–Trinajstić information content (AvgIpc) is 3.70. The monoisotopic (exact) mass is 797 g/mol. The number of aromatic nitrogens is 3. The summed E-state index contributed by atoms with van der Waals surface area (Å²) in [5.41, 5.74) is -1.81. The molecule has 3 aromatic heterocycles. The molecule has 2 saturated heterocycles. The zero-order valence-electron chi connectivity index (χ0n) is 32.8. The van der Waals surface area contributed by atoms with Crippen molar-refractivity contribution >= 4 is 57.5 Å². The van der Waals surface area contributed by atoms with Crippen molar-refractivity contribution in [2.45, 2.75) is 103 Å². The quantitative estimate of drug-likeness (QED) is 0.119. The fraction of sp³-hybridized carbons (Fsp3) is 0.550. The maximum atomic E-state index is 17.3. The van der Waals surface area contributed by atoms with E-state index < -0.39 is 59.6 Å². The van der Waals surface area contributed by atoms with Crippen LogP contribution in [0, 0.1) is 5.92 Å². The first-order chi connectivity index (χ1) is 26.3. The fourth-order valence-corrected chi connectivity index (χ4v) is 7.27. The summed E-state index contributed by atoms with van der Waals surface area (Å²) in [5, 5.41) is 9.93. The largest absolute Gasteiger partial charge is 0.480 e. The summed E-state index contributed by atoms with van der Waals surface area (Å²) in [5.74, 6) is -1.42. The van der Waals surface area contributed by atoms with Crippen LogP contribution in [0.25, 0.3) is 22.1 Å². The van der Waals surface area contributed by atoms with E-state index in [4.69, 9.17) is 50.0 Å². The summed E-state index contributed by atoms with van der Waals surface area (Å²) >= 11 is 6.42. The lowest BCUT2D eigenvalue weighted by atomic mass is 9.79. The number of fused-ring (bicyclic) bond motifs is 3. The first kappa shape index (κ1) is 40.9. The number of furan rings is 1. The van der Waals surface area contributed by atoms with Gasteiger partial charge in [0.15, 0.2) is 11.4 Å². The van der Waals surface area contributed by atoms with Gasteiger partial charge in [0.1, 0.15) is 52.5 Å². The molecule has 0 unspecified atom stereocenters. The van der Waals surface area contributed by atoms with Crippen LogP contribution in [0.15, 0.2) is 40.9 Å². The van der Waals surface area contributed by atoms with Crippen molar-refractivity contribution in [2.24, 2.45) is 5.92 Å². The highest BCUT2D eigenvalue weighted by molar-refractivity contribution is 6.30. The van der Waals surface area contributed by atoms with E-state index in [9.17, 15) is 14.4 Å². The second kappa shape index (κ2) is 16.0. The Kier molecular flexibility index (Phi) is 11.7. The number of likely N-dealkylation sites (tertiary alicyclic amines) is 1. The van der Waals surface area contributed by atoms with E-state index in [1.165, 1.54) is 17.2 Å². The summed E-state index contributed by atoms with van der Waals surface area (Å²) in [6.45, 7) is 12.5. The van der Waals surface area contributed by atoms with Crippen LogP contribution in [0.2, 0.25) is 5.02 Å². The second-order valence-electron chi connectivity index (χ2n) is 16.4. The standard InChI is InChI=1S/C40H49ClFN5O9/c1-23-20-46(37(51)56-39(5,6)7)15-14-40(23,42)27-17-24(41)19-43-35(27)53-25-18-28(36(50)55-38(2,3)4)47(21-25)34-33-32(26-11-8-9-12-29(26)54-33)44-30(45-34)13-10-16-52-22-31(48)49/h8-9,11-12,17,19,23,25,28H,10,13-16,18,20-22H2,1-7H3,(H,48,49)/t23-,25-,28-,40+/m0/s1. The summed E-state index contributed by atoms with van der Waals surface area (Å²) in [7, 11) is 0. The molecule has 56 heavy (non-hydrogen) atoms. The number of aryl methyl sites for hydroxylation is 1. The predicted molar refractivity (Wildman–Crippen MR) is 206 cm³/mol. The van der Waals surface area contributed by atoms with E-state index >= 15 is 4.39 Å². The molecule has 2 aliphatic rings. The molecule has 6 rings (SSSR count). The van der Waals surface area contributed by atoms with Crippen molar-refractivity contribution < 1.29 is 47.2 Å². The summed E-state index contributed by atoms with van der Waals surface area (Å²) in [4.78, 5) is 55.2. The maximum Gasteiger partial charge on any atom is 0.410 e. The third-order valence-electron chi connectivity index (χ3n) is 9.59. The zero-order valence-corrected chi connectivity index (χ0v) is 33.5. The molecule has 0 bridgehead atoms. The zero-order chi connectivity index (χ0) is 40.6. The number of carboxylic acids is 1. The fourth-order valence-electron chi connectivity index (χ4n) is 7.11. The molecule has 302 valence electrons. The minimum atomic E-state index is -1.95. The molecule has 14 nitrogen and oxygen atoms in total. The normalized spacial score (nSPS) is 21.8. The molecule has 1 amide bonds. The predicted octanol–water partition coefficient (Wildman–Crippen LogP) is 7.27. The van der Waals surface area contributed by atoms with Crippen LogP contribution in [0.3, 0.4) is 0 Å². The number of ether oxygens (including phenoxy) is 4. The third-order valence-corrected chi connectivity index (χ3v) is 9.80. The molecule has 4 atom stereocenters. The number of benzene rings is 1. The SMILES string of the molecule is C[C@H]1CN(C(=O)OC(C)(C)C)CC[C@]1(F)c1cc(Cl)cnc1O[C@H]1C[C@@H](C(=O)OC(C)(C)C)N(c2nc(CCCOCC(=O)O)nc3c2oc2ccccc23)C1. The minimum Gasteiger partial charge on any atom is -0.480 e. The molecular weight excluding hydrogens is 749 g/mol. The average molecular weight is 798 g/mol. The van der Waals surface area contributed by atoms with Gasteiger partial charge in [-0.15, -0.1) is 0 Å². The summed E-state index contributed by atoms with van der Waals surface area (Å²) in [6, 6.07) is 8.05. The molecule has 5 heterocycles. The van der Waals surface area contributed by atoms with E-state index in [-0.39, 0.29) is 55.5 Å². The summed E-state index contributed by atoms with van der Waals surface area (Å²) in [6.07, 6.45) is 1.08. The van der Waals surface area contributed by atoms with Gasteiger partial charge in [0.2, 0.25) is 5.88 Å². The number of hydrogen-bond donors (Lipinski definition) is 1. The highest BCUT2D eigenvalue weighted by Crippen LogP contribution is 2.46. The second-order valence-corrected chi connectivity index (χ2v) is 16.8. The Morgan fingerprint density at radius 2 is 1.80 bits per heavy atom. The van der Waals surface area contributed by atoms with Crippen LogP contribution in [0.1, 0.15) is 79.1 Å². The number of hydrogen-bond acceptors (Lipinski definition) is 12. The number of halogens is 2. The lowest BCUT2D eigenvalue weighted by molar-refractivity contribution is -0.156. The van der Waals surface area contributed by atoms with Gasteiger partial charge < -0.3 is 38.3 Å². The molecule has 2 aliphatic heterocycles. The van der Waals surface area contributed by atoms with Gasteiger partial charge in [-0.1, -0.05) is 30.7 Å². The number of alkyl halides is 1. The van der Waals surface area contributed by atoms with Crippen LogP contribution in [0.4, 0.5) is 15.0 Å². The van der Waals surface area contributed by atoms with Crippen LogP contribution in [0.5, 0.6) is 5.88 Å². The van der Waals surface area contributed by atoms with Crippen molar-refractivity contribution in [1.82, 2.24) is 19.9 Å². The number of nitrogens with zero attached hydrogens (tertiary/aromatic N) is 5. The van der Waals surface area contributed by atoms with Gasteiger partial charge in [-0.25, -0.2) is 33.7 Å². The van der Waals surface area contributed by atoms with Crippen molar-refractivity contribution in [3.63, 3.8) is 0 Å². The third kappa shape index (κ3) is 9.26. The van der Waals surface area contributed by atoms with Gasteiger partial charge in [-0.3, -0.25) is 0 Å². The first-order valence-corrected chi connectivity index (χ1v) is 19.2. The van der Waals surface area contributed by atoms with Crippen LogP contribution >= 0.6 is 11.6 Å². The van der Waals surface area contributed by atoms with E-state index in [0.29, 0.717) is 41.2 Å². The molecule has 2 fully saturated rings. The van der Waals surface area contributed by atoms with Crippen LogP contribution in [-0.4, -0.2) is 99.2 Å². The Bertz CT molecular complexity index is 2100. The number of carbonyl (C=O) groups excluding carboxylic acids is 2. The number of piperidine rings is 1. The van der Waals surface area contributed by atoms with E-state index in [0.717, 1.165) is 5.39 Å². The molecule has 4 aromatic rings.